The van der Waals surface area contributed by atoms with Crippen LogP contribution in [0.1, 0.15) is 12.5 Å². The van der Waals surface area contributed by atoms with E-state index in [0.29, 0.717) is 11.5 Å². The Morgan fingerprint density at radius 2 is 1.54 bits per heavy atom. The van der Waals surface area contributed by atoms with Gasteiger partial charge in [0.05, 0.1) is 5.56 Å². The molecule has 1 N–H and O–H groups in total. The van der Waals surface area contributed by atoms with Crippen molar-refractivity contribution in [2.24, 2.45) is 0 Å². The third kappa shape index (κ3) is 5.31. The van der Waals surface area contributed by atoms with E-state index < -0.39 is 23.8 Å². The molecule has 0 aromatic heterocycles. The van der Waals surface area contributed by atoms with E-state index in [2.05, 4.69) is 4.84 Å². The number of hydroxylamine groups is 1. The van der Waals surface area contributed by atoms with E-state index in [1.807, 2.05) is 0 Å². The number of nitrogens with one attached hydrogen (secondary N) is 1. The smallest absolute Gasteiger partial charge is 0.416 e. The molecule has 9 heteroatoms. The summed E-state index contributed by atoms with van der Waals surface area (Å²) in [4.78, 5) is 15.8. The Hall–Kier alpha value is -3.41. The average molecular weight is 366 g/mol. The highest BCUT2D eigenvalue weighted by molar-refractivity contribution is 5.74. The van der Waals surface area contributed by atoms with Crippen LogP contribution in [-0.2, 0) is 15.8 Å². The van der Waals surface area contributed by atoms with Crippen molar-refractivity contribution in [2.75, 3.05) is 0 Å². The van der Waals surface area contributed by atoms with Crippen molar-refractivity contribution in [1.82, 2.24) is 5.48 Å². The van der Waals surface area contributed by atoms with Crippen LogP contribution in [0.5, 0.6) is 17.2 Å². The summed E-state index contributed by atoms with van der Waals surface area (Å²) in [7, 11) is 0. The molecule has 0 spiro atoms. The molecular weight excluding hydrogens is 353 g/mol. The van der Waals surface area contributed by atoms with E-state index in [1.165, 1.54) is 49.5 Å². The fraction of sp³-hybridized carbons (Fsp3) is 0.176. The van der Waals surface area contributed by atoms with Gasteiger partial charge in [-0.2, -0.15) is 23.9 Å². The monoisotopic (exact) mass is 366 g/mol. The maximum atomic E-state index is 12.5. The molecule has 0 aliphatic carbocycles. The molecule has 2 aromatic rings. The summed E-state index contributed by atoms with van der Waals surface area (Å²) in [6.45, 7) is 1.44. The normalized spacial score (nSPS) is 11.8. The number of benzene rings is 2. The SMILES string of the molecule is CC(Oc1ccc(Oc2ccc(C(F)(F)F)cc2)cc1)C(=O)ONC#N. The third-order valence-electron chi connectivity index (χ3n) is 3.08. The van der Waals surface area contributed by atoms with Gasteiger partial charge < -0.3 is 14.3 Å². The predicted molar refractivity (Wildman–Crippen MR) is 82.9 cm³/mol. The van der Waals surface area contributed by atoms with Gasteiger partial charge in [0.15, 0.2) is 6.10 Å². The number of ether oxygens (including phenoxy) is 2. The van der Waals surface area contributed by atoms with E-state index in [4.69, 9.17) is 14.7 Å². The van der Waals surface area contributed by atoms with Crippen molar-refractivity contribution in [1.29, 1.82) is 5.26 Å². The Morgan fingerprint density at radius 3 is 2.04 bits per heavy atom. The number of carbonyl (C=O) groups is 1. The Bertz CT molecular complexity index is 784. The Balaban J connectivity index is 1.95. The maximum Gasteiger partial charge on any atom is 0.416 e. The minimum absolute atomic E-state index is 0.242. The van der Waals surface area contributed by atoms with Crippen molar-refractivity contribution in [3.63, 3.8) is 0 Å². The van der Waals surface area contributed by atoms with Crippen LogP contribution >= 0.6 is 0 Å². The molecule has 0 saturated heterocycles. The van der Waals surface area contributed by atoms with Gasteiger partial charge in [-0.15, -0.1) is 0 Å². The second kappa shape index (κ2) is 8.11. The first kappa shape index (κ1) is 18.9. The molecule has 2 aromatic carbocycles. The zero-order valence-electron chi connectivity index (χ0n) is 13.4. The summed E-state index contributed by atoms with van der Waals surface area (Å²) >= 11 is 0. The first-order valence-corrected chi connectivity index (χ1v) is 7.26. The van der Waals surface area contributed by atoms with Gasteiger partial charge in [-0.05, 0) is 55.5 Å². The molecule has 1 unspecified atom stereocenters. The summed E-state index contributed by atoms with van der Waals surface area (Å²) in [5.41, 5.74) is 0.986. The average Bonchev–Trinajstić information content (AvgIpc) is 2.61. The Labute approximate surface area is 146 Å². The van der Waals surface area contributed by atoms with Gasteiger partial charge in [0.2, 0.25) is 6.19 Å². The largest absolute Gasteiger partial charge is 0.479 e. The molecule has 136 valence electrons. The molecule has 0 heterocycles. The van der Waals surface area contributed by atoms with E-state index in [9.17, 15) is 18.0 Å². The number of hydrogen-bond donors (Lipinski definition) is 1. The zero-order chi connectivity index (χ0) is 19.2. The first-order chi connectivity index (χ1) is 12.3. The van der Waals surface area contributed by atoms with Crippen molar-refractivity contribution in [3.8, 4) is 23.4 Å². The van der Waals surface area contributed by atoms with Crippen LogP contribution in [0.3, 0.4) is 0 Å². The van der Waals surface area contributed by atoms with Gasteiger partial charge in [-0.3, -0.25) is 0 Å². The van der Waals surface area contributed by atoms with Gasteiger partial charge >= 0.3 is 12.1 Å². The number of carbonyl (C=O) groups excluding carboxylic acids is 1. The summed E-state index contributed by atoms with van der Waals surface area (Å²) in [6, 6.07) is 10.4. The number of nitrogens with zero attached hydrogens (tertiary/aromatic N) is 1. The standard InChI is InChI=1S/C17H13F3N2O4/c1-11(16(23)26-22-10-21)24-13-6-8-15(9-7-13)25-14-4-2-12(3-5-14)17(18,19)20/h2-9,11,22H,1H3. The molecule has 0 radical (unpaired) electrons. The lowest BCUT2D eigenvalue weighted by molar-refractivity contribution is -0.156. The summed E-state index contributed by atoms with van der Waals surface area (Å²) in [5, 5.41) is 8.24. The zero-order valence-corrected chi connectivity index (χ0v) is 13.4. The van der Waals surface area contributed by atoms with Crippen molar-refractivity contribution in [2.45, 2.75) is 19.2 Å². The van der Waals surface area contributed by atoms with Gasteiger partial charge in [0.1, 0.15) is 17.2 Å². The van der Waals surface area contributed by atoms with Gasteiger partial charge in [0.25, 0.3) is 0 Å². The van der Waals surface area contributed by atoms with Gasteiger partial charge in [-0.25, -0.2) is 4.79 Å². The summed E-state index contributed by atoms with van der Waals surface area (Å²) < 4.78 is 48.3. The molecule has 26 heavy (non-hydrogen) atoms. The van der Waals surface area contributed by atoms with Crippen LogP contribution < -0.4 is 15.0 Å². The minimum atomic E-state index is -4.40. The van der Waals surface area contributed by atoms with Crippen molar-refractivity contribution < 1.29 is 32.3 Å². The van der Waals surface area contributed by atoms with E-state index >= 15 is 0 Å². The first-order valence-electron chi connectivity index (χ1n) is 7.26. The van der Waals surface area contributed by atoms with Crippen LogP contribution in [-0.4, -0.2) is 12.1 Å². The number of alkyl halides is 3. The summed E-state index contributed by atoms with van der Waals surface area (Å²) in [5.74, 6) is 0.174. The molecule has 0 saturated carbocycles. The minimum Gasteiger partial charge on any atom is -0.479 e. The quantitative estimate of drug-likeness (QED) is 0.476. The topological polar surface area (TPSA) is 80.6 Å². The third-order valence-corrected chi connectivity index (χ3v) is 3.08. The molecular formula is C17H13F3N2O4. The maximum absolute atomic E-state index is 12.5. The fourth-order valence-electron chi connectivity index (χ4n) is 1.84. The number of rotatable bonds is 6. The molecule has 0 bridgehead atoms. The van der Waals surface area contributed by atoms with Crippen LogP contribution in [0, 0.1) is 11.5 Å². The lowest BCUT2D eigenvalue weighted by Gasteiger charge is -2.13. The molecule has 1 atom stereocenters. The predicted octanol–water partition coefficient (Wildman–Crippen LogP) is 3.79. The lowest BCUT2D eigenvalue weighted by Crippen LogP contribution is -2.29. The van der Waals surface area contributed by atoms with Crippen LogP contribution in [0.15, 0.2) is 48.5 Å². The highest BCUT2D eigenvalue weighted by Gasteiger charge is 2.30. The van der Waals surface area contributed by atoms with E-state index in [1.54, 1.807) is 5.48 Å². The second-order valence-corrected chi connectivity index (χ2v) is 4.99. The molecule has 0 aliphatic rings. The van der Waals surface area contributed by atoms with E-state index in [-0.39, 0.29) is 5.75 Å². The molecule has 2 rings (SSSR count). The Morgan fingerprint density at radius 1 is 1.04 bits per heavy atom. The van der Waals surface area contributed by atoms with Crippen LogP contribution in [0.25, 0.3) is 0 Å². The van der Waals surface area contributed by atoms with Crippen molar-refractivity contribution >= 4 is 5.97 Å². The van der Waals surface area contributed by atoms with Crippen LogP contribution in [0.4, 0.5) is 13.2 Å². The van der Waals surface area contributed by atoms with Gasteiger partial charge in [0, 0.05) is 0 Å². The van der Waals surface area contributed by atoms with E-state index in [0.717, 1.165) is 12.1 Å². The second-order valence-electron chi connectivity index (χ2n) is 4.99. The number of nitriles is 1. The van der Waals surface area contributed by atoms with Crippen molar-refractivity contribution in [3.05, 3.63) is 54.1 Å². The molecule has 0 fully saturated rings. The lowest BCUT2D eigenvalue weighted by atomic mass is 10.2. The number of hydrogen-bond acceptors (Lipinski definition) is 6. The fourth-order valence-corrected chi connectivity index (χ4v) is 1.84. The molecule has 0 aliphatic heterocycles. The highest BCUT2D eigenvalue weighted by Crippen LogP contribution is 2.31. The summed E-state index contributed by atoms with van der Waals surface area (Å²) in [6.07, 6.45) is -3.93. The van der Waals surface area contributed by atoms with Crippen LogP contribution in [0.2, 0.25) is 0 Å². The van der Waals surface area contributed by atoms with Gasteiger partial charge in [-0.1, -0.05) is 0 Å². The number of halogens is 3. The molecule has 0 amide bonds. The highest BCUT2D eigenvalue weighted by atomic mass is 19.4. The Kier molecular flexibility index (Phi) is 5.90. The molecule has 6 nitrogen and oxygen atoms in total.